The highest BCUT2D eigenvalue weighted by Gasteiger charge is 2.36. The molecule has 0 aliphatic carbocycles. The Hall–Kier alpha value is -2.74. The van der Waals surface area contributed by atoms with Crippen LogP contribution >= 0.6 is 11.6 Å². The van der Waals surface area contributed by atoms with Gasteiger partial charge in [0.1, 0.15) is 5.75 Å². The molecule has 2 amide bonds. The lowest BCUT2D eigenvalue weighted by atomic mass is 10.1. The van der Waals surface area contributed by atoms with E-state index >= 15 is 0 Å². The van der Waals surface area contributed by atoms with Gasteiger partial charge in [0.15, 0.2) is 0 Å². The van der Waals surface area contributed by atoms with Gasteiger partial charge in [0.2, 0.25) is 0 Å². The van der Waals surface area contributed by atoms with Crippen molar-refractivity contribution in [2.24, 2.45) is 0 Å². The number of alkyl halides is 3. The molecule has 1 heterocycles. The van der Waals surface area contributed by atoms with Gasteiger partial charge in [-0.15, -0.1) is 0 Å². The van der Waals surface area contributed by atoms with Crippen molar-refractivity contribution in [3.8, 4) is 5.75 Å². The first kappa shape index (κ1) is 21.0. The summed E-state index contributed by atoms with van der Waals surface area (Å²) in [7, 11) is 1.44. The minimum Gasteiger partial charge on any atom is -0.496 e. The van der Waals surface area contributed by atoms with Crippen LogP contribution in [-0.2, 0) is 6.18 Å². The van der Waals surface area contributed by atoms with Gasteiger partial charge in [-0.05, 0) is 30.3 Å². The largest absolute Gasteiger partial charge is 0.496 e. The third-order valence-corrected chi connectivity index (χ3v) is 4.94. The number of halogens is 4. The number of methoxy groups -OCH3 is 1. The summed E-state index contributed by atoms with van der Waals surface area (Å²) >= 11 is 5.97. The van der Waals surface area contributed by atoms with Crippen LogP contribution in [0, 0.1) is 0 Å². The molecule has 0 spiro atoms. The first-order valence-electron chi connectivity index (χ1n) is 8.80. The van der Waals surface area contributed by atoms with Crippen molar-refractivity contribution >= 4 is 23.4 Å². The number of rotatable bonds is 3. The number of amides is 2. The number of benzene rings is 2. The summed E-state index contributed by atoms with van der Waals surface area (Å²) < 4.78 is 44.8. The van der Waals surface area contributed by atoms with E-state index in [1.165, 1.54) is 41.2 Å². The maximum Gasteiger partial charge on any atom is 0.417 e. The van der Waals surface area contributed by atoms with Gasteiger partial charge in [0.05, 0.1) is 23.8 Å². The van der Waals surface area contributed by atoms with E-state index < -0.39 is 23.2 Å². The van der Waals surface area contributed by atoms with Crippen molar-refractivity contribution < 1.29 is 27.5 Å². The zero-order chi connectivity index (χ0) is 21.2. The Morgan fingerprint density at radius 2 is 1.48 bits per heavy atom. The highest BCUT2D eigenvalue weighted by Crippen LogP contribution is 2.32. The first-order chi connectivity index (χ1) is 13.7. The van der Waals surface area contributed by atoms with Gasteiger partial charge in [0.25, 0.3) is 11.8 Å². The predicted octanol–water partition coefficient (Wildman–Crippen LogP) is 3.97. The monoisotopic (exact) mass is 426 g/mol. The minimum atomic E-state index is -4.62. The van der Waals surface area contributed by atoms with Crippen LogP contribution in [0.1, 0.15) is 26.3 Å². The van der Waals surface area contributed by atoms with Gasteiger partial charge in [-0.25, -0.2) is 0 Å². The van der Waals surface area contributed by atoms with Crippen LogP contribution in [0.25, 0.3) is 0 Å². The first-order valence-corrected chi connectivity index (χ1v) is 9.18. The molecule has 0 aromatic heterocycles. The summed E-state index contributed by atoms with van der Waals surface area (Å²) in [6.45, 7) is 0.627. The number of carbonyl (C=O) groups is 2. The number of carbonyl (C=O) groups excluding carboxylic acids is 2. The molecule has 1 saturated heterocycles. The smallest absolute Gasteiger partial charge is 0.417 e. The quantitative estimate of drug-likeness (QED) is 0.746. The molecule has 2 aromatic rings. The minimum absolute atomic E-state index is 0.125. The molecule has 3 rings (SSSR count). The fourth-order valence-corrected chi connectivity index (χ4v) is 3.39. The predicted molar refractivity (Wildman–Crippen MR) is 101 cm³/mol. The van der Waals surface area contributed by atoms with Gasteiger partial charge in [0, 0.05) is 31.2 Å². The summed E-state index contributed by atoms with van der Waals surface area (Å²) in [6, 6.07) is 9.38. The molecule has 0 N–H and O–H groups in total. The fraction of sp³-hybridized carbons (Fsp3) is 0.300. The van der Waals surface area contributed by atoms with Crippen LogP contribution in [0.4, 0.5) is 13.2 Å². The molecule has 5 nitrogen and oxygen atoms in total. The maximum absolute atomic E-state index is 13.2. The molecule has 1 fully saturated rings. The summed E-state index contributed by atoms with van der Waals surface area (Å²) in [5.41, 5.74) is -1.06. The Labute approximate surface area is 170 Å². The molecular weight excluding hydrogens is 409 g/mol. The zero-order valence-electron chi connectivity index (χ0n) is 15.5. The Morgan fingerprint density at radius 3 is 2.03 bits per heavy atom. The number of hydrogen-bond acceptors (Lipinski definition) is 3. The van der Waals surface area contributed by atoms with Crippen molar-refractivity contribution in [1.82, 2.24) is 9.80 Å². The Bertz CT molecular complexity index is 925. The molecule has 154 valence electrons. The second-order valence-corrected chi connectivity index (χ2v) is 6.91. The molecule has 9 heteroatoms. The van der Waals surface area contributed by atoms with E-state index in [0.29, 0.717) is 16.3 Å². The summed E-state index contributed by atoms with van der Waals surface area (Å²) in [5.74, 6) is -0.644. The van der Waals surface area contributed by atoms with Gasteiger partial charge in [-0.1, -0.05) is 23.7 Å². The third-order valence-electron chi connectivity index (χ3n) is 4.71. The second-order valence-electron chi connectivity index (χ2n) is 6.47. The molecule has 0 saturated carbocycles. The van der Waals surface area contributed by atoms with Crippen molar-refractivity contribution in [1.29, 1.82) is 0 Å². The van der Waals surface area contributed by atoms with E-state index in [0.717, 1.165) is 6.07 Å². The van der Waals surface area contributed by atoms with Crippen molar-refractivity contribution in [3.63, 3.8) is 0 Å². The highest BCUT2D eigenvalue weighted by atomic mass is 35.5. The molecule has 1 aliphatic heterocycles. The lowest BCUT2D eigenvalue weighted by molar-refractivity contribution is -0.138. The topological polar surface area (TPSA) is 49.9 Å². The average molecular weight is 427 g/mol. The second kappa shape index (κ2) is 8.32. The lowest BCUT2D eigenvalue weighted by Crippen LogP contribution is -2.50. The molecule has 29 heavy (non-hydrogen) atoms. The number of hydrogen-bond donors (Lipinski definition) is 0. The molecule has 0 atom stereocenters. The third kappa shape index (κ3) is 4.48. The van der Waals surface area contributed by atoms with Gasteiger partial charge < -0.3 is 14.5 Å². The number of ether oxygens (including phenoxy) is 1. The molecule has 1 aliphatic rings. The van der Waals surface area contributed by atoms with Crippen molar-refractivity contribution in [2.45, 2.75) is 6.18 Å². The normalized spacial score (nSPS) is 14.7. The van der Waals surface area contributed by atoms with E-state index in [2.05, 4.69) is 0 Å². The van der Waals surface area contributed by atoms with E-state index in [1.54, 1.807) is 12.1 Å². The molecule has 2 aromatic carbocycles. The van der Waals surface area contributed by atoms with Crippen LogP contribution in [0.15, 0.2) is 42.5 Å². The van der Waals surface area contributed by atoms with E-state index in [4.69, 9.17) is 16.3 Å². The average Bonchev–Trinajstić information content (AvgIpc) is 2.72. The van der Waals surface area contributed by atoms with Gasteiger partial charge in [-0.2, -0.15) is 13.2 Å². The Balaban J connectivity index is 1.72. The van der Waals surface area contributed by atoms with Crippen LogP contribution in [0.2, 0.25) is 5.02 Å². The standard InChI is InChI=1S/C20H18ClF3N2O3/c1-29-17-7-6-13(21)12-15(17)19(28)26-10-8-25(9-11-26)18(27)14-4-2-3-5-16(14)20(22,23)24/h2-7,12H,8-11H2,1H3. The fourth-order valence-electron chi connectivity index (χ4n) is 3.22. The lowest BCUT2D eigenvalue weighted by Gasteiger charge is -2.35. The van der Waals surface area contributed by atoms with Crippen LogP contribution in [-0.4, -0.2) is 54.9 Å². The number of piperazine rings is 1. The number of nitrogens with zero attached hydrogens (tertiary/aromatic N) is 2. The van der Waals surface area contributed by atoms with Gasteiger partial charge >= 0.3 is 6.18 Å². The molecule has 0 bridgehead atoms. The van der Waals surface area contributed by atoms with E-state index in [9.17, 15) is 22.8 Å². The van der Waals surface area contributed by atoms with Crippen molar-refractivity contribution in [2.75, 3.05) is 33.3 Å². The van der Waals surface area contributed by atoms with E-state index in [1.807, 2.05) is 0 Å². The van der Waals surface area contributed by atoms with Crippen LogP contribution in [0.3, 0.4) is 0 Å². The summed E-state index contributed by atoms with van der Waals surface area (Å²) in [5, 5.41) is 0.381. The van der Waals surface area contributed by atoms with Crippen LogP contribution in [0.5, 0.6) is 5.75 Å². The molecule has 0 radical (unpaired) electrons. The van der Waals surface area contributed by atoms with E-state index in [-0.39, 0.29) is 32.1 Å². The highest BCUT2D eigenvalue weighted by molar-refractivity contribution is 6.31. The SMILES string of the molecule is COc1ccc(Cl)cc1C(=O)N1CCN(C(=O)c2ccccc2C(F)(F)F)CC1. The maximum atomic E-state index is 13.2. The summed E-state index contributed by atoms with van der Waals surface area (Å²) in [6.07, 6.45) is -4.62. The zero-order valence-corrected chi connectivity index (χ0v) is 16.3. The van der Waals surface area contributed by atoms with Crippen molar-refractivity contribution in [3.05, 3.63) is 64.2 Å². The molecule has 0 unspecified atom stereocenters. The van der Waals surface area contributed by atoms with Gasteiger partial charge in [-0.3, -0.25) is 9.59 Å². The van der Waals surface area contributed by atoms with Crippen LogP contribution < -0.4 is 4.74 Å². The molecular formula is C20H18ClF3N2O3. The summed E-state index contributed by atoms with van der Waals surface area (Å²) in [4.78, 5) is 28.3. The Morgan fingerprint density at radius 1 is 0.931 bits per heavy atom. The Kier molecular flexibility index (Phi) is 6.02.